The Labute approximate surface area is 137 Å². The summed E-state index contributed by atoms with van der Waals surface area (Å²) >= 11 is 0. The zero-order valence-electron chi connectivity index (χ0n) is 14.1. The fourth-order valence-electron chi connectivity index (χ4n) is 2.99. The molecule has 0 saturated carbocycles. The number of carbonyl (C=O) groups excluding carboxylic acids is 2. The Hall–Kier alpha value is -1.91. The fraction of sp³-hybridized carbons (Fsp3) is 0.556. The first-order valence-electron chi connectivity index (χ1n) is 8.24. The van der Waals surface area contributed by atoms with E-state index in [0.29, 0.717) is 32.5 Å². The zero-order chi connectivity index (χ0) is 17.0. The number of hydrogen-bond donors (Lipinski definition) is 0. The second-order valence-corrected chi connectivity index (χ2v) is 6.40. The largest absolute Gasteiger partial charge is 0.340 e. The second kappa shape index (κ2) is 7.57. The number of amides is 2. The number of nitrogens with zero attached hydrogens (tertiary/aromatic N) is 2. The predicted octanol–water partition coefficient (Wildman–Crippen LogP) is 2.82. The molecule has 5 heteroatoms. The number of rotatable bonds is 4. The molecule has 1 aliphatic heterocycles. The molecule has 0 spiro atoms. The molecule has 0 radical (unpaired) electrons. The molecule has 0 unspecified atom stereocenters. The lowest BCUT2D eigenvalue weighted by atomic mass is 10.0. The minimum absolute atomic E-state index is 0.0226. The van der Waals surface area contributed by atoms with E-state index in [9.17, 15) is 14.0 Å². The Balaban J connectivity index is 2.22. The van der Waals surface area contributed by atoms with Gasteiger partial charge in [-0.05, 0) is 23.6 Å². The van der Waals surface area contributed by atoms with Gasteiger partial charge >= 0.3 is 0 Å². The lowest BCUT2D eigenvalue weighted by Gasteiger charge is -2.34. The zero-order valence-corrected chi connectivity index (χ0v) is 14.1. The van der Waals surface area contributed by atoms with Crippen molar-refractivity contribution in [2.75, 3.05) is 13.1 Å². The van der Waals surface area contributed by atoms with Gasteiger partial charge in [0, 0.05) is 32.5 Å². The van der Waals surface area contributed by atoms with Crippen molar-refractivity contribution in [2.45, 2.75) is 46.2 Å². The molecule has 1 saturated heterocycles. The molecule has 0 N–H and O–H groups in total. The van der Waals surface area contributed by atoms with Gasteiger partial charge in [-0.25, -0.2) is 4.39 Å². The van der Waals surface area contributed by atoms with Crippen LogP contribution in [0.5, 0.6) is 0 Å². The summed E-state index contributed by atoms with van der Waals surface area (Å²) in [5.41, 5.74) is 0.903. The Morgan fingerprint density at radius 2 is 1.96 bits per heavy atom. The normalized spacial score (nSPS) is 19.2. The van der Waals surface area contributed by atoms with Crippen LogP contribution >= 0.6 is 0 Å². The second-order valence-electron chi connectivity index (χ2n) is 6.40. The average Bonchev–Trinajstić information content (AvgIpc) is 2.69. The van der Waals surface area contributed by atoms with Crippen molar-refractivity contribution >= 4 is 11.8 Å². The molecule has 126 valence electrons. The number of carbonyl (C=O) groups is 2. The maximum atomic E-state index is 13.1. The number of halogens is 1. The van der Waals surface area contributed by atoms with Gasteiger partial charge in [0.15, 0.2) is 0 Å². The van der Waals surface area contributed by atoms with E-state index in [4.69, 9.17) is 0 Å². The Bertz CT molecular complexity index is 557. The SMILES string of the molecule is CCC(=O)N1CCC(=O)N(Cc2ccc(F)cc2)[C@H](C(C)C)C1. The van der Waals surface area contributed by atoms with Crippen LogP contribution in [0.25, 0.3) is 0 Å². The summed E-state index contributed by atoms with van der Waals surface area (Å²) in [6.45, 7) is 7.48. The summed E-state index contributed by atoms with van der Waals surface area (Å²) in [6, 6.07) is 6.22. The molecule has 23 heavy (non-hydrogen) atoms. The molecule has 1 atom stereocenters. The molecule has 2 rings (SSSR count). The minimum atomic E-state index is -0.281. The molecule has 2 amide bonds. The highest BCUT2D eigenvalue weighted by atomic mass is 19.1. The molecule has 1 fully saturated rings. The quantitative estimate of drug-likeness (QED) is 0.856. The maximum absolute atomic E-state index is 13.1. The lowest BCUT2D eigenvalue weighted by Crippen LogP contribution is -2.46. The third-order valence-corrected chi connectivity index (χ3v) is 4.41. The summed E-state index contributed by atoms with van der Waals surface area (Å²) in [5, 5.41) is 0. The highest BCUT2D eigenvalue weighted by molar-refractivity contribution is 5.80. The lowest BCUT2D eigenvalue weighted by molar-refractivity contribution is -0.134. The van der Waals surface area contributed by atoms with Crippen LogP contribution in [0.15, 0.2) is 24.3 Å². The first-order chi connectivity index (χ1) is 10.9. The topological polar surface area (TPSA) is 40.6 Å². The van der Waals surface area contributed by atoms with E-state index in [-0.39, 0.29) is 29.6 Å². The third-order valence-electron chi connectivity index (χ3n) is 4.41. The van der Waals surface area contributed by atoms with Gasteiger partial charge in [-0.15, -0.1) is 0 Å². The van der Waals surface area contributed by atoms with Crippen LogP contribution in [-0.2, 0) is 16.1 Å². The fourth-order valence-corrected chi connectivity index (χ4v) is 2.99. The van der Waals surface area contributed by atoms with Gasteiger partial charge in [0.1, 0.15) is 5.82 Å². The van der Waals surface area contributed by atoms with Crippen LogP contribution in [0.2, 0.25) is 0 Å². The van der Waals surface area contributed by atoms with Crippen molar-refractivity contribution < 1.29 is 14.0 Å². The molecule has 1 heterocycles. The van der Waals surface area contributed by atoms with Gasteiger partial charge in [0.05, 0.1) is 6.04 Å². The summed E-state index contributed by atoms with van der Waals surface area (Å²) in [5.74, 6) is 0.104. The van der Waals surface area contributed by atoms with Crippen molar-refractivity contribution in [3.05, 3.63) is 35.6 Å². The highest BCUT2D eigenvalue weighted by Gasteiger charge is 2.32. The van der Waals surface area contributed by atoms with Gasteiger partial charge in [-0.2, -0.15) is 0 Å². The minimum Gasteiger partial charge on any atom is -0.340 e. The van der Waals surface area contributed by atoms with Crippen molar-refractivity contribution in [3.8, 4) is 0 Å². The number of benzene rings is 1. The van der Waals surface area contributed by atoms with Gasteiger partial charge in [0.25, 0.3) is 0 Å². The molecule has 0 bridgehead atoms. The van der Waals surface area contributed by atoms with Crippen molar-refractivity contribution in [2.24, 2.45) is 5.92 Å². The van der Waals surface area contributed by atoms with Gasteiger partial charge in [0.2, 0.25) is 11.8 Å². The van der Waals surface area contributed by atoms with Crippen molar-refractivity contribution in [1.29, 1.82) is 0 Å². The molecular weight excluding hydrogens is 295 g/mol. The highest BCUT2D eigenvalue weighted by Crippen LogP contribution is 2.21. The van der Waals surface area contributed by atoms with E-state index in [1.165, 1.54) is 12.1 Å². The molecule has 1 aliphatic rings. The van der Waals surface area contributed by atoms with Crippen molar-refractivity contribution in [3.63, 3.8) is 0 Å². The van der Waals surface area contributed by atoms with Crippen LogP contribution in [0, 0.1) is 11.7 Å². The van der Waals surface area contributed by atoms with Gasteiger partial charge in [-0.3, -0.25) is 9.59 Å². The first-order valence-corrected chi connectivity index (χ1v) is 8.24. The van der Waals surface area contributed by atoms with Crippen molar-refractivity contribution in [1.82, 2.24) is 9.80 Å². The van der Waals surface area contributed by atoms with Crippen LogP contribution < -0.4 is 0 Å². The molecule has 1 aromatic rings. The average molecular weight is 320 g/mol. The smallest absolute Gasteiger partial charge is 0.224 e. The van der Waals surface area contributed by atoms with E-state index in [2.05, 4.69) is 13.8 Å². The van der Waals surface area contributed by atoms with E-state index >= 15 is 0 Å². The maximum Gasteiger partial charge on any atom is 0.224 e. The van der Waals surface area contributed by atoms with E-state index in [0.717, 1.165) is 5.56 Å². The van der Waals surface area contributed by atoms with Gasteiger partial charge in [-0.1, -0.05) is 32.9 Å². The predicted molar refractivity (Wildman–Crippen MR) is 87.1 cm³/mol. The summed E-state index contributed by atoms with van der Waals surface area (Å²) in [4.78, 5) is 28.3. The van der Waals surface area contributed by atoms with E-state index in [1.807, 2.05) is 11.8 Å². The summed E-state index contributed by atoms with van der Waals surface area (Å²) in [6.07, 6.45) is 0.799. The summed E-state index contributed by atoms with van der Waals surface area (Å²) in [7, 11) is 0. The van der Waals surface area contributed by atoms with Crippen LogP contribution in [-0.4, -0.2) is 40.7 Å². The standard InChI is InChI=1S/C18H25FN2O2/c1-4-17(22)20-10-9-18(23)21(16(12-20)13(2)3)11-14-5-7-15(19)8-6-14/h5-8,13,16H,4,9-12H2,1-3H3/t16-/m0/s1. The van der Waals surface area contributed by atoms with E-state index < -0.39 is 0 Å². The van der Waals surface area contributed by atoms with Gasteiger partial charge < -0.3 is 9.80 Å². The van der Waals surface area contributed by atoms with E-state index in [1.54, 1.807) is 17.0 Å². The number of hydrogen-bond acceptors (Lipinski definition) is 2. The molecular formula is C18H25FN2O2. The summed E-state index contributed by atoms with van der Waals surface area (Å²) < 4.78 is 13.1. The van der Waals surface area contributed by atoms with Crippen LogP contribution in [0.4, 0.5) is 4.39 Å². The Morgan fingerprint density at radius 1 is 1.30 bits per heavy atom. The molecule has 1 aromatic carbocycles. The molecule has 0 aromatic heterocycles. The molecule has 0 aliphatic carbocycles. The first kappa shape index (κ1) is 17.4. The monoisotopic (exact) mass is 320 g/mol. The van der Waals surface area contributed by atoms with Crippen LogP contribution in [0.1, 0.15) is 39.2 Å². The Morgan fingerprint density at radius 3 is 2.52 bits per heavy atom. The molecule has 4 nitrogen and oxygen atoms in total. The van der Waals surface area contributed by atoms with Crippen LogP contribution in [0.3, 0.4) is 0 Å². The Kier molecular flexibility index (Phi) is 5.74. The third kappa shape index (κ3) is 4.30.